The first kappa shape index (κ1) is 12.4. The second kappa shape index (κ2) is 4.78. The maximum Gasteiger partial charge on any atom is 0.148 e. The van der Waals surface area contributed by atoms with E-state index in [1.807, 2.05) is 38.1 Å². The molecule has 2 heterocycles. The van der Waals surface area contributed by atoms with Crippen molar-refractivity contribution in [2.75, 3.05) is 11.9 Å². The van der Waals surface area contributed by atoms with Crippen LogP contribution in [0.5, 0.6) is 0 Å². The Morgan fingerprint density at radius 2 is 2.21 bits per heavy atom. The fraction of sp³-hybridized carbons (Fsp3) is 0.333. The zero-order valence-electron chi connectivity index (χ0n) is 11.1. The topological polar surface area (TPSA) is 42.0 Å². The Kier molecular flexibility index (Phi) is 3.11. The number of hydrogen-bond acceptors (Lipinski definition) is 4. The number of nitrogens with one attached hydrogen (secondary N) is 1. The number of carbonyl (C=O) groups is 1. The molecule has 0 amide bonds. The number of Topliss-reactive ketones (excluding diaryl/α,β-unsaturated/α-hetero) is 1. The number of ketones is 1. The third-order valence-corrected chi connectivity index (χ3v) is 4.69. The van der Waals surface area contributed by atoms with Crippen LogP contribution in [0.3, 0.4) is 0 Å². The van der Waals surface area contributed by atoms with Gasteiger partial charge in [0.05, 0.1) is 18.0 Å². The van der Waals surface area contributed by atoms with Crippen LogP contribution in [0.1, 0.15) is 27.1 Å². The van der Waals surface area contributed by atoms with E-state index < -0.39 is 0 Å². The minimum atomic E-state index is -0.0271. The van der Waals surface area contributed by atoms with Crippen LogP contribution in [0.4, 0.5) is 5.69 Å². The third-order valence-electron chi connectivity index (χ3n) is 3.62. The van der Waals surface area contributed by atoms with E-state index in [2.05, 4.69) is 10.3 Å². The standard InChI is InChI=1S/C15H16N2OS/c1-9-10(2)19-15(17-9)7-14(18)12-8-16-13-6-4-3-5-11(12)13/h3-6,12,16H,7-8H2,1-2H3. The van der Waals surface area contributed by atoms with Crippen molar-refractivity contribution >= 4 is 22.8 Å². The molecule has 0 radical (unpaired) electrons. The minimum absolute atomic E-state index is 0.0271. The number of fused-ring (bicyclic) bond motifs is 1. The van der Waals surface area contributed by atoms with Crippen molar-refractivity contribution in [3.8, 4) is 0 Å². The first-order chi connectivity index (χ1) is 9.15. The molecule has 0 bridgehead atoms. The Bertz CT molecular complexity index is 613. The van der Waals surface area contributed by atoms with Gasteiger partial charge in [0.25, 0.3) is 0 Å². The summed E-state index contributed by atoms with van der Waals surface area (Å²) in [5.74, 6) is 0.229. The molecule has 3 rings (SSSR count). The van der Waals surface area contributed by atoms with Crippen LogP contribution >= 0.6 is 11.3 Å². The summed E-state index contributed by atoms with van der Waals surface area (Å²) >= 11 is 1.63. The Labute approximate surface area is 116 Å². The van der Waals surface area contributed by atoms with Crippen LogP contribution in [-0.2, 0) is 11.2 Å². The molecule has 0 saturated carbocycles. The molecule has 98 valence electrons. The summed E-state index contributed by atoms with van der Waals surface area (Å²) in [6.45, 7) is 4.75. The lowest BCUT2D eigenvalue weighted by molar-refractivity contribution is -0.119. The van der Waals surface area contributed by atoms with Gasteiger partial charge in [0, 0.05) is 17.1 Å². The van der Waals surface area contributed by atoms with Crippen LogP contribution in [-0.4, -0.2) is 17.3 Å². The zero-order valence-corrected chi connectivity index (χ0v) is 11.9. The van der Waals surface area contributed by atoms with Crippen LogP contribution in [0.15, 0.2) is 24.3 Å². The Balaban J connectivity index is 1.79. The lowest BCUT2D eigenvalue weighted by atomic mass is 9.95. The van der Waals surface area contributed by atoms with E-state index in [4.69, 9.17) is 0 Å². The molecule has 3 nitrogen and oxygen atoms in total. The Morgan fingerprint density at radius 3 is 2.95 bits per heavy atom. The number of thiazole rings is 1. The molecule has 1 atom stereocenters. The van der Waals surface area contributed by atoms with Crippen molar-refractivity contribution in [1.82, 2.24) is 4.98 Å². The summed E-state index contributed by atoms with van der Waals surface area (Å²) in [4.78, 5) is 18.1. The summed E-state index contributed by atoms with van der Waals surface area (Å²) < 4.78 is 0. The van der Waals surface area contributed by atoms with Gasteiger partial charge in [-0.1, -0.05) is 18.2 Å². The minimum Gasteiger partial charge on any atom is -0.384 e. The van der Waals surface area contributed by atoms with Crippen molar-refractivity contribution < 1.29 is 4.79 Å². The molecule has 19 heavy (non-hydrogen) atoms. The molecule has 1 unspecified atom stereocenters. The van der Waals surface area contributed by atoms with E-state index in [9.17, 15) is 4.79 Å². The Morgan fingerprint density at radius 1 is 1.42 bits per heavy atom. The number of aromatic nitrogens is 1. The monoisotopic (exact) mass is 272 g/mol. The summed E-state index contributed by atoms with van der Waals surface area (Å²) in [7, 11) is 0. The molecular formula is C15H16N2OS. The molecule has 1 N–H and O–H groups in total. The van der Waals surface area contributed by atoms with Crippen LogP contribution in [0, 0.1) is 13.8 Å². The highest BCUT2D eigenvalue weighted by Gasteiger charge is 2.28. The Hall–Kier alpha value is -1.68. The average Bonchev–Trinajstić information content (AvgIpc) is 2.94. The fourth-order valence-electron chi connectivity index (χ4n) is 2.46. The van der Waals surface area contributed by atoms with Crippen molar-refractivity contribution in [3.63, 3.8) is 0 Å². The van der Waals surface area contributed by atoms with Gasteiger partial charge in [-0.2, -0.15) is 0 Å². The van der Waals surface area contributed by atoms with Crippen LogP contribution in [0.2, 0.25) is 0 Å². The fourth-order valence-corrected chi connectivity index (χ4v) is 3.40. The SMILES string of the molecule is Cc1nc(CC(=O)C2CNc3ccccc32)sc1C. The molecule has 0 saturated heterocycles. The number of anilines is 1. The number of nitrogens with zero attached hydrogens (tertiary/aromatic N) is 1. The van der Waals surface area contributed by atoms with Gasteiger partial charge in [0.1, 0.15) is 10.8 Å². The smallest absolute Gasteiger partial charge is 0.148 e. The zero-order chi connectivity index (χ0) is 13.4. The maximum atomic E-state index is 12.4. The highest BCUT2D eigenvalue weighted by Crippen LogP contribution is 2.32. The van der Waals surface area contributed by atoms with Gasteiger partial charge in [-0.3, -0.25) is 4.79 Å². The number of benzene rings is 1. The molecular weight excluding hydrogens is 256 g/mol. The number of hydrogen-bond donors (Lipinski definition) is 1. The van der Waals surface area contributed by atoms with Gasteiger partial charge in [-0.05, 0) is 25.5 Å². The first-order valence-electron chi connectivity index (χ1n) is 6.43. The van der Waals surface area contributed by atoms with Gasteiger partial charge in [0.2, 0.25) is 0 Å². The molecule has 1 aromatic heterocycles. The van der Waals surface area contributed by atoms with E-state index >= 15 is 0 Å². The number of para-hydroxylation sites is 1. The number of carbonyl (C=O) groups excluding carboxylic acids is 1. The van der Waals surface area contributed by atoms with E-state index in [-0.39, 0.29) is 11.7 Å². The highest BCUT2D eigenvalue weighted by atomic mass is 32.1. The van der Waals surface area contributed by atoms with Gasteiger partial charge >= 0.3 is 0 Å². The molecule has 1 aromatic carbocycles. The second-order valence-electron chi connectivity index (χ2n) is 4.91. The average molecular weight is 272 g/mol. The second-order valence-corrected chi connectivity index (χ2v) is 6.20. The normalized spacial score (nSPS) is 17.1. The van der Waals surface area contributed by atoms with E-state index in [0.717, 1.165) is 22.0 Å². The van der Waals surface area contributed by atoms with E-state index in [1.165, 1.54) is 4.88 Å². The summed E-state index contributed by atoms with van der Waals surface area (Å²) in [6, 6.07) is 8.05. The predicted octanol–water partition coefficient (Wildman–Crippen LogP) is 3.08. The maximum absolute atomic E-state index is 12.4. The molecule has 0 aliphatic carbocycles. The third kappa shape index (κ3) is 2.28. The number of aryl methyl sites for hydroxylation is 2. The number of rotatable bonds is 3. The van der Waals surface area contributed by atoms with Crippen molar-refractivity contribution in [3.05, 3.63) is 45.4 Å². The summed E-state index contributed by atoms with van der Waals surface area (Å²) in [5.41, 5.74) is 3.25. The molecule has 2 aromatic rings. The van der Waals surface area contributed by atoms with Gasteiger partial charge in [0.15, 0.2) is 0 Å². The van der Waals surface area contributed by atoms with Gasteiger partial charge in [-0.25, -0.2) is 4.98 Å². The quantitative estimate of drug-likeness (QED) is 0.933. The van der Waals surface area contributed by atoms with Gasteiger partial charge < -0.3 is 5.32 Å². The lowest BCUT2D eigenvalue weighted by Gasteiger charge is -2.07. The lowest BCUT2D eigenvalue weighted by Crippen LogP contribution is -2.16. The molecule has 4 heteroatoms. The molecule has 1 aliphatic heterocycles. The van der Waals surface area contributed by atoms with Crippen LogP contribution in [0.25, 0.3) is 0 Å². The molecule has 0 fully saturated rings. The van der Waals surface area contributed by atoms with Crippen molar-refractivity contribution in [2.45, 2.75) is 26.2 Å². The summed E-state index contributed by atoms with van der Waals surface area (Å²) in [6.07, 6.45) is 0.444. The largest absolute Gasteiger partial charge is 0.384 e. The summed E-state index contributed by atoms with van der Waals surface area (Å²) in [5, 5.41) is 4.23. The van der Waals surface area contributed by atoms with Gasteiger partial charge in [-0.15, -0.1) is 11.3 Å². The highest BCUT2D eigenvalue weighted by molar-refractivity contribution is 7.11. The van der Waals surface area contributed by atoms with Crippen molar-refractivity contribution in [2.24, 2.45) is 0 Å². The van der Waals surface area contributed by atoms with E-state index in [0.29, 0.717) is 13.0 Å². The first-order valence-corrected chi connectivity index (χ1v) is 7.25. The van der Waals surface area contributed by atoms with Crippen LogP contribution < -0.4 is 5.32 Å². The van der Waals surface area contributed by atoms with Crippen molar-refractivity contribution in [1.29, 1.82) is 0 Å². The van der Waals surface area contributed by atoms with E-state index in [1.54, 1.807) is 11.3 Å². The predicted molar refractivity (Wildman–Crippen MR) is 78.0 cm³/mol. The molecule has 0 spiro atoms. The molecule has 1 aliphatic rings.